The molecule has 0 fully saturated rings. The number of nitro groups is 1. The van der Waals surface area contributed by atoms with Gasteiger partial charge in [-0.15, -0.1) is 0 Å². The van der Waals surface area contributed by atoms with Crippen LogP contribution in [0.25, 0.3) is 0 Å². The van der Waals surface area contributed by atoms with Crippen LogP contribution in [0.1, 0.15) is 32.6 Å². The van der Waals surface area contributed by atoms with Crippen molar-refractivity contribution < 1.29 is 14.5 Å². The minimum absolute atomic E-state index is 0.00234. The van der Waals surface area contributed by atoms with Crippen molar-refractivity contribution in [1.29, 1.82) is 0 Å². The van der Waals surface area contributed by atoms with Crippen LogP contribution in [0.15, 0.2) is 97.1 Å². The molecule has 0 spiro atoms. The molecule has 2 N–H and O–H groups in total. The SMILES string of the molecule is Nc1cc(C(=O)Oc2ccc(C#Cc3ccc(C#Cc4ccccc4)cc3)cc2)cc([N+](=O)[O-])c1. The van der Waals surface area contributed by atoms with Crippen LogP contribution in [0.3, 0.4) is 0 Å². The second-order valence-electron chi connectivity index (χ2n) is 7.43. The Morgan fingerprint density at radius 2 is 1.20 bits per heavy atom. The van der Waals surface area contributed by atoms with Gasteiger partial charge in [0.1, 0.15) is 5.75 Å². The van der Waals surface area contributed by atoms with Crippen molar-refractivity contribution in [2.75, 3.05) is 5.73 Å². The molecule has 0 bridgehead atoms. The molecule has 0 heterocycles. The molecule has 0 aliphatic carbocycles. The van der Waals surface area contributed by atoms with Gasteiger partial charge in [-0.2, -0.15) is 0 Å². The molecular weight excluding hydrogens is 440 g/mol. The summed E-state index contributed by atoms with van der Waals surface area (Å²) in [7, 11) is 0. The van der Waals surface area contributed by atoms with Gasteiger partial charge in [-0.1, -0.05) is 41.9 Å². The Balaban J connectivity index is 1.40. The molecular formula is C29H18N2O4. The molecule has 0 atom stereocenters. The maximum Gasteiger partial charge on any atom is 0.343 e. The summed E-state index contributed by atoms with van der Waals surface area (Å²) in [6.07, 6.45) is 0. The zero-order valence-electron chi connectivity index (χ0n) is 18.4. The van der Waals surface area contributed by atoms with Crippen molar-refractivity contribution in [2.45, 2.75) is 0 Å². The average Bonchev–Trinajstić information content (AvgIpc) is 2.88. The minimum Gasteiger partial charge on any atom is -0.423 e. The Morgan fingerprint density at radius 3 is 1.71 bits per heavy atom. The molecule has 4 aromatic carbocycles. The van der Waals surface area contributed by atoms with E-state index >= 15 is 0 Å². The number of nitrogens with zero attached hydrogens (tertiary/aromatic N) is 1. The Bertz CT molecular complexity index is 1500. The van der Waals surface area contributed by atoms with Crippen LogP contribution in [-0.2, 0) is 0 Å². The Labute approximate surface area is 202 Å². The standard InChI is InChI=1S/C29H18N2O4/c30-26-18-25(19-27(20-26)31(33)34)29(32)35-28-16-14-24(15-17-28)13-12-23-10-8-22(9-11-23)7-6-21-4-2-1-3-5-21/h1-5,8-11,14-20H,30H2. The second kappa shape index (κ2) is 10.5. The molecule has 6 heteroatoms. The molecule has 0 aliphatic rings. The zero-order valence-corrected chi connectivity index (χ0v) is 18.4. The van der Waals surface area contributed by atoms with Crippen molar-refractivity contribution in [3.8, 4) is 29.4 Å². The molecule has 4 rings (SSSR count). The average molecular weight is 458 g/mol. The number of hydrogen-bond acceptors (Lipinski definition) is 5. The molecule has 0 aromatic heterocycles. The van der Waals surface area contributed by atoms with Gasteiger partial charge in [-0.25, -0.2) is 4.79 Å². The lowest BCUT2D eigenvalue weighted by Crippen LogP contribution is -2.09. The summed E-state index contributed by atoms with van der Waals surface area (Å²) in [6.45, 7) is 0. The number of benzene rings is 4. The highest BCUT2D eigenvalue weighted by molar-refractivity contribution is 5.93. The zero-order chi connectivity index (χ0) is 24.6. The van der Waals surface area contributed by atoms with Crippen molar-refractivity contribution in [2.24, 2.45) is 0 Å². The minimum atomic E-state index is -0.741. The van der Waals surface area contributed by atoms with E-state index < -0.39 is 10.9 Å². The largest absolute Gasteiger partial charge is 0.423 e. The normalized spacial score (nSPS) is 9.71. The quantitative estimate of drug-likeness (QED) is 0.114. The first-order valence-corrected chi connectivity index (χ1v) is 10.5. The predicted octanol–water partition coefficient (Wildman–Crippen LogP) is 5.20. The van der Waals surface area contributed by atoms with Gasteiger partial charge < -0.3 is 10.5 Å². The first-order valence-electron chi connectivity index (χ1n) is 10.5. The van der Waals surface area contributed by atoms with Crippen LogP contribution in [0.2, 0.25) is 0 Å². The number of carbonyl (C=O) groups is 1. The van der Waals surface area contributed by atoms with Crippen molar-refractivity contribution in [1.82, 2.24) is 0 Å². The summed E-state index contributed by atoms with van der Waals surface area (Å²) in [5.41, 5.74) is 8.90. The number of anilines is 1. The van der Waals surface area contributed by atoms with E-state index in [4.69, 9.17) is 10.5 Å². The van der Waals surface area contributed by atoms with E-state index in [0.717, 1.165) is 28.3 Å². The number of esters is 1. The van der Waals surface area contributed by atoms with Gasteiger partial charge in [-0.05, 0) is 66.7 Å². The van der Waals surface area contributed by atoms with E-state index in [2.05, 4.69) is 23.7 Å². The Morgan fingerprint density at radius 1 is 0.714 bits per heavy atom. The predicted molar refractivity (Wildman–Crippen MR) is 134 cm³/mol. The Kier molecular flexibility index (Phi) is 6.87. The van der Waals surface area contributed by atoms with Crippen LogP contribution in [0.4, 0.5) is 11.4 Å². The number of non-ortho nitro benzene ring substituents is 1. The summed E-state index contributed by atoms with van der Waals surface area (Å²) < 4.78 is 5.30. The lowest BCUT2D eigenvalue weighted by Gasteiger charge is -2.05. The number of hydrogen-bond donors (Lipinski definition) is 1. The first-order chi connectivity index (χ1) is 17.0. The van der Waals surface area contributed by atoms with E-state index in [1.807, 2.05) is 54.6 Å². The van der Waals surface area contributed by atoms with Gasteiger partial charge >= 0.3 is 5.97 Å². The molecule has 35 heavy (non-hydrogen) atoms. The lowest BCUT2D eigenvalue weighted by molar-refractivity contribution is -0.384. The van der Waals surface area contributed by atoms with Gasteiger partial charge in [0.25, 0.3) is 5.69 Å². The van der Waals surface area contributed by atoms with Crippen LogP contribution < -0.4 is 10.5 Å². The van der Waals surface area contributed by atoms with Crippen molar-refractivity contribution in [3.63, 3.8) is 0 Å². The lowest BCUT2D eigenvalue weighted by atomic mass is 10.1. The fourth-order valence-electron chi connectivity index (χ4n) is 3.08. The summed E-state index contributed by atoms with van der Waals surface area (Å²) in [5.74, 6) is 11.9. The van der Waals surface area contributed by atoms with E-state index in [-0.39, 0.29) is 22.7 Å². The maximum absolute atomic E-state index is 12.4. The third-order valence-electron chi connectivity index (χ3n) is 4.81. The molecule has 0 saturated carbocycles. The van der Waals surface area contributed by atoms with E-state index in [1.54, 1.807) is 24.3 Å². The van der Waals surface area contributed by atoms with Gasteiger partial charge in [0.15, 0.2) is 0 Å². The van der Waals surface area contributed by atoms with Crippen molar-refractivity contribution >= 4 is 17.3 Å². The number of ether oxygens (including phenoxy) is 1. The van der Waals surface area contributed by atoms with E-state index in [0.29, 0.717) is 0 Å². The van der Waals surface area contributed by atoms with Crippen LogP contribution >= 0.6 is 0 Å². The third-order valence-corrected chi connectivity index (χ3v) is 4.81. The number of nitrogens with two attached hydrogens (primary N) is 1. The van der Waals surface area contributed by atoms with Crippen LogP contribution in [-0.4, -0.2) is 10.9 Å². The van der Waals surface area contributed by atoms with Crippen molar-refractivity contribution in [3.05, 3.63) is 135 Å². The number of nitro benzene ring substituents is 1. The highest BCUT2D eigenvalue weighted by atomic mass is 16.6. The van der Waals surface area contributed by atoms with Gasteiger partial charge in [0, 0.05) is 40.1 Å². The fraction of sp³-hybridized carbons (Fsp3) is 0. The van der Waals surface area contributed by atoms with E-state index in [1.165, 1.54) is 12.1 Å². The smallest absolute Gasteiger partial charge is 0.343 e. The third kappa shape index (κ3) is 6.35. The fourth-order valence-corrected chi connectivity index (χ4v) is 3.08. The summed E-state index contributed by atoms with van der Waals surface area (Å²) >= 11 is 0. The van der Waals surface area contributed by atoms with Gasteiger partial charge in [0.2, 0.25) is 0 Å². The monoisotopic (exact) mass is 458 g/mol. The Hall–Kier alpha value is -5.33. The molecule has 168 valence electrons. The molecule has 0 aliphatic heterocycles. The molecule has 0 amide bonds. The number of nitrogen functional groups attached to an aromatic ring is 1. The van der Waals surface area contributed by atoms with Gasteiger partial charge in [0.05, 0.1) is 10.5 Å². The molecule has 0 saturated heterocycles. The summed E-state index contributed by atoms with van der Waals surface area (Å²) in [6, 6.07) is 27.7. The van der Waals surface area contributed by atoms with E-state index in [9.17, 15) is 14.9 Å². The molecule has 0 unspecified atom stereocenters. The first kappa shape index (κ1) is 22.8. The number of carbonyl (C=O) groups excluding carboxylic acids is 1. The number of rotatable bonds is 3. The van der Waals surface area contributed by atoms with Crippen LogP contribution in [0, 0.1) is 33.8 Å². The molecule has 0 radical (unpaired) electrons. The second-order valence-corrected chi connectivity index (χ2v) is 7.43. The van der Waals surface area contributed by atoms with Crippen LogP contribution in [0.5, 0.6) is 5.75 Å². The summed E-state index contributed by atoms with van der Waals surface area (Å²) in [5, 5.41) is 11.0. The highest BCUT2D eigenvalue weighted by Crippen LogP contribution is 2.21. The molecule has 6 nitrogen and oxygen atoms in total. The molecule has 4 aromatic rings. The highest BCUT2D eigenvalue weighted by Gasteiger charge is 2.15. The topological polar surface area (TPSA) is 95.5 Å². The summed E-state index contributed by atoms with van der Waals surface area (Å²) in [4.78, 5) is 22.7. The van der Waals surface area contributed by atoms with Gasteiger partial charge in [-0.3, -0.25) is 10.1 Å². The maximum atomic E-state index is 12.4.